The molecule has 2 aromatic heterocycles. The molecule has 2 heterocycles. The highest BCUT2D eigenvalue weighted by Crippen LogP contribution is 2.38. The molecular weight excluding hydrogens is 462 g/mol. The third-order valence-corrected chi connectivity index (χ3v) is 6.04. The van der Waals surface area contributed by atoms with Crippen molar-refractivity contribution in [1.82, 2.24) is 15.0 Å². The van der Waals surface area contributed by atoms with Crippen molar-refractivity contribution in [3.8, 4) is 34.2 Å². The molecule has 0 unspecified atom stereocenters. The van der Waals surface area contributed by atoms with Gasteiger partial charge in [0.25, 0.3) is 0 Å². The maximum Gasteiger partial charge on any atom is 0.167 e. The zero-order valence-electron chi connectivity index (χ0n) is 16.9. The molecule has 0 fully saturated rings. The van der Waals surface area contributed by atoms with Crippen LogP contribution in [0.1, 0.15) is 0 Å². The van der Waals surface area contributed by atoms with Gasteiger partial charge in [-0.15, -0.1) is 0 Å². The highest BCUT2D eigenvalue weighted by Gasteiger charge is 2.18. The first-order valence-electron chi connectivity index (χ1n) is 10.2. The molecular formula is C27H16BrN3O. The van der Waals surface area contributed by atoms with E-state index in [1.165, 1.54) is 0 Å². The zero-order chi connectivity index (χ0) is 21.5. The summed E-state index contributed by atoms with van der Waals surface area (Å²) < 4.78 is 7.23. The Hall–Kier alpha value is -3.83. The SMILES string of the molecule is Brc1cccc2c1oc1c(-c3nc(-c4ccccc4)nc(-c4ccccc4)n3)cccc12. The summed E-state index contributed by atoms with van der Waals surface area (Å²) in [5, 5.41) is 2.08. The molecule has 0 saturated carbocycles. The number of hydrogen-bond acceptors (Lipinski definition) is 4. The van der Waals surface area contributed by atoms with E-state index in [0.717, 1.165) is 43.1 Å². The standard InChI is InChI=1S/C27H16BrN3O/c28-22-16-8-14-20-19-13-7-15-21(23(19)32-24(20)22)27-30-25(17-9-3-1-4-10-17)29-26(31-27)18-11-5-2-6-12-18/h1-16H. The quantitative estimate of drug-likeness (QED) is 0.264. The van der Waals surface area contributed by atoms with Crippen LogP contribution >= 0.6 is 15.9 Å². The Labute approximate surface area is 192 Å². The molecule has 32 heavy (non-hydrogen) atoms. The lowest BCUT2D eigenvalue weighted by molar-refractivity contribution is 0.667. The lowest BCUT2D eigenvalue weighted by Gasteiger charge is -2.08. The van der Waals surface area contributed by atoms with Crippen molar-refractivity contribution in [2.45, 2.75) is 0 Å². The fraction of sp³-hybridized carbons (Fsp3) is 0. The van der Waals surface area contributed by atoms with Crippen LogP contribution in [-0.2, 0) is 0 Å². The summed E-state index contributed by atoms with van der Waals surface area (Å²) in [5.41, 5.74) is 4.29. The van der Waals surface area contributed by atoms with E-state index in [2.05, 4.69) is 28.1 Å². The van der Waals surface area contributed by atoms with Crippen LogP contribution in [-0.4, -0.2) is 15.0 Å². The molecule has 4 aromatic carbocycles. The van der Waals surface area contributed by atoms with Crippen molar-refractivity contribution in [2.24, 2.45) is 0 Å². The van der Waals surface area contributed by atoms with Crippen LogP contribution in [0.5, 0.6) is 0 Å². The third-order valence-electron chi connectivity index (χ3n) is 5.42. The van der Waals surface area contributed by atoms with Crippen LogP contribution in [0.4, 0.5) is 0 Å². The maximum atomic E-state index is 6.31. The number of benzene rings is 4. The van der Waals surface area contributed by atoms with Crippen molar-refractivity contribution in [3.05, 3.63) is 102 Å². The smallest absolute Gasteiger partial charge is 0.167 e. The van der Waals surface area contributed by atoms with Crippen LogP contribution in [0.15, 0.2) is 106 Å². The van der Waals surface area contributed by atoms with E-state index >= 15 is 0 Å². The molecule has 6 rings (SSSR count). The van der Waals surface area contributed by atoms with Gasteiger partial charge in [-0.05, 0) is 28.1 Å². The normalized spacial score (nSPS) is 11.3. The molecule has 0 amide bonds. The van der Waals surface area contributed by atoms with E-state index in [4.69, 9.17) is 19.4 Å². The third kappa shape index (κ3) is 3.18. The van der Waals surface area contributed by atoms with E-state index in [0.29, 0.717) is 17.5 Å². The van der Waals surface area contributed by atoms with Gasteiger partial charge >= 0.3 is 0 Å². The first kappa shape index (κ1) is 18.9. The molecule has 0 radical (unpaired) electrons. The van der Waals surface area contributed by atoms with Crippen LogP contribution in [0.2, 0.25) is 0 Å². The Kier molecular flexibility index (Phi) is 4.55. The van der Waals surface area contributed by atoms with E-state index in [9.17, 15) is 0 Å². The summed E-state index contributed by atoms with van der Waals surface area (Å²) >= 11 is 3.61. The summed E-state index contributed by atoms with van der Waals surface area (Å²) in [7, 11) is 0. The average molecular weight is 478 g/mol. The topological polar surface area (TPSA) is 51.8 Å². The average Bonchev–Trinajstić information content (AvgIpc) is 3.25. The maximum absolute atomic E-state index is 6.31. The number of nitrogens with zero attached hydrogens (tertiary/aromatic N) is 3. The fourth-order valence-corrected chi connectivity index (χ4v) is 4.34. The number of rotatable bonds is 3. The number of aromatic nitrogens is 3. The number of furan rings is 1. The Morgan fingerprint density at radius 2 is 1.03 bits per heavy atom. The molecule has 6 aromatic rings. The predicted octanol–water partition coefficient (Wildman–Crippen LogP) is 7.53. The van der Waals surface area contributed by atoms with E-state index < -0.39 is 0 Å². The van der Waals surface area contributed by atoms with Crippen molar-refractivity contribution in [1.29, 1.82) is 0 Å². The second kappa shape index (κ2) is 7.70. The summed E-state index contributed by atoms with van der Waals surface area (Å²) in [4.78, 5) is 14.5. The molecule has 0 N–H and O–H groups in total. The summed E-state index contributed by atoms with van der Waals surface area (Å²) in [6, 6.07) is 32.1. The molecule has 0 bridgehead atoms. The minimum absolute atomic E-state index is 0.582. The number of para-hydroxylation sites is 2. The molecule has 0 aliphatic rings. The first-order chi connectivity index (χ1) is 15.8. The Morgan fingerprint density at radius 3 is 1.66 bits per heavy atom. The van der Waals surface area contributed by atoms with Crippen molar-refractivity contribution in [2.75, 3.05) is 0 Å². The monoisotopic (exact) mass is 477 g/mol. The number of hydrogen-bond donors (Lipinski definition) is 0. The van der Waals surface area contributed by atoms with Crippen LogP contribution < -0.4 is 0 Å². The van der Waals surface area contributed by atoms with E-state index in [1.807, 2.05) is 84.9 Å². The lowest BCUT2D eigenvalue weighted by atomic mass is 10.1. The number of halogens is 1. The van der Waals surface area contributed by atoms with Gasteiger partial charge in [0.05, 0.1) is 10.0 Å². The molecule has 152 valence electrons. The lowest BCUT2D eigenvalue weighted by Crippen LogP contribution is -2.00. The summed E-state index contributed by atoms with van der Waals surface area (Å²) in [6.45, 7) is 0. The minimum Gasteiger partial charge on any atom is -0.454 e. The van der Waals surface area contributed by atoms with Crippen molar-refractivity contribution in [3.63, 3.8) is 0 Å². The van der Waals surface area contributed by atoms with Crippen LogP contribution in [0.3, 0.4) is 0 Å². The van der Waals surface area contributed by atoms with E-state index in [1.54, 1.807) is 0 Å². The van der Waals surface area contributed by atoms with Gasteiger partial charge in [-0.1, -0.05) is 84.9 Å². The van der Waals surface area contributed by atoms with Crippen molar-refractivity contribution >= 4 is 37.9 Å². The Bertz CT molecular complexity index is 1520. The molecule has 0 aliphatic heterocycles. The van der Waals surface area contributed by atoms with Gasteiger partial charge in [0, 0.05) is 21.9 Å². The van der Waals surface area contributed by atoms with Gasteiger partial charge in [0.1, 0.15) is 11.2 Å². The largest absolute Gasteiger partial charge is 0.454 e. The van der Waals surface area contributed by atoms with Gasteiger partial charge in [-0.3, -0.25) is 0 Å². The Morgan fingerprint density at radius 1 is 0.500 bits per heavy atom. The molecule has 0 aliphatic carbocycles. The summed E-state index contributed by atoms with van der Waals surface area (Å²) in [5.74, 6) is 1.84. The molecule has 4 nitrogen and oxygen atoms in total. The first-order valence-corrected chi connectivity index (χ1v) is 11.0. The number of fused-ring (bicyclic) bond motifs is 3. The second-order valence-electron chi connectivity index (χ2n) is 7.44. The highest BCUT2D eigenvalue weighted by molar-refractivity contribution is 9.10. The van der Waals surface area contributed by atoms with Crippen LogP contribution in [0.25, 0.3) is 56.1 Å². The minimum atomic E-state index is 0.582. The summed E-state index contributed by atoms with van der Waals surface area (Å²) in [6.07, 6.45) is 0. The van der Waals surface area contributed by atoms with Gasteiger partial charge in [0.2, 0.25) is 0 Å². The Balaban J connectivity index is 1.64. The molecule has 0 saturated heterocycles. The van der Waals surface area contributed by atoms with Gasteiger partial charge in [-0.2, -0.15) is 0 Å². The predicted molar refractivity (Wildman–Crippen MR) is 131 cm³/mol. The fourth-order valence-electron chi connectivity index (χ4n) is 3.89. The second-order valence-corrected chi connectivity index (χ2v) is 8.29. The van der Waals surface area contributed by atoms with Gasteiger partial charge < -0.3 is 4.42 Å². The van der Waals surface area contributed by atoms with Crippen molar-refractivity contribution < 1.29 is 4.42 Å². The highest BCUT2D eigenvalue weighted by atomic mass is 79.9. The molecule has 0 atom stereocenters. The van der Waals surface area contributed by atoms with Crippen LogP contribution in [0, 0.1) is 0 Å². The molecule has 0 spiro atoms. The zero-order valence-corrected chi connectivity index (χ0v) is 18.5. The molecule has 5 heteroatoms. The van der Waals surface area contributed by atoms with Gasteiger partial charge in [-0.25, -0.2) is 15.0 Å². The van der Waals surface area contributed by atoms with Gasteiger partial charge in [0.15, 0.2) is 17.5 Å². The van der Waals surface area contributed by atoms with E-state index in [-0.39, 0.29) is 0 Å².